The molecule has 0 unspecified atom stereocenters. The number of rotatable bonds is 11. The van der Waals surface area contributed by atoms with Crippen molar-refractivity contribution in [1.29, 1.82) is 0 Å². The molecule has 5 N–H and O–H groups in total. The Balaban J connectivity index is 1.52. The van der Waals surface area contributed by atoms with E-state index >= 15 is 0 Å². The average molecular weight is 544 g/mol. The Hall–Kier alpha value is -5.26. The van der Waals surface area contributed by atoms with Crippen molar-refractivity contribution >= 4 is 46.5 Å². The second kappa shape index (κ2) is 12.5. The maximum absolute atomic E-state index is 13.1. The molecule has 0 bridgehead atoms. The summed E-state index contributed by atoms with van der Waals surface area (Å²) in [6.07, 6.45) is 5.69. The van der Waals surface area contributed by atoms with Gasteiger partial charge in [-0.15, -0.1) is 0 Å². The lowest BCUT2D eigenvalue weighted by Crippen LogP contribution is -2.24. The molecule has 0 spiro atoms. The van der Waals surface area contributed by atoms with Gasteiger partial charge in [0.05, 0.1) is 53.7 Å². The molecular formula is C28H29N7O5. The summed E-state index contributed by atoms with van der Waals surface area (Å²) in [7, 11) is 2.93. The number of anilines is 4. The van der Waals surface area contributed by atoms with Gasteiger partial charge in [-0.2, -0.15) is 0 Å². The van der Waals surface area contributed by atoms with Gasteiger partial charge in [0.1, 0.15) is 5.82 Å². The highest BCUT2D eigenvalue weighted by Crippen LogP contribution is 2.34. The van der Waals surface area contributed by atoms with E-state index in [1.165, 1.54) is 26.6 Å². The van der Waals surface area contributed by atoms with Crippen LogP contribution in [0.5, 0.6) is 5.75 Å². The molecule has 4 rings (SSSR count). The van der Waals surface area contributed by atoms with Crippen molar-refractivity contribution in [3.05, 3.63) is 78.3 Å². The molecule has 2 aromatic heterocycles. The number of amides is 4. The molecule has 0 aliphatic heterocycles. The van der Waals surface area contributed by atoms with Crippen LogP contribution in [0.1, 0.15) is 39.3 Å². The van der Waals surface area contributed by atoms with Crippen LogP contribution >= 0.6 is 0 Å². The number of ether oxygens (including phenoxy) is 1. The molecule has 4 amide bonds. The van der Waals surface area contributed by atoms with E-state index in [-0.39, 0.29) is 47.1 Å². The van der Waals surface area contributed by atoms with Gasteiger partial charge < -0.3 is 31.3 Å². The molecule has 1 aromatic carbocycles. The number of para-hydroxylation sites is 1. The van der Waals surface area contributed by atoms with Gasteiger partial charge >= 0.3 is 0 Å². The van der Waals surface area contributed by atoms with Gasteiger partial charge in [-0.1, -0.05) is 12.6 Å². The lowest BCUT2D eigenvalue weighted by atomic mass is 10.1. The maximum atomic E-state index is 13.1. The molecule has 12 heteroatoms. The number of hydrogen-bond donors (Lipinski definition) is 5. The van der Waals surface area contributed by atoms with Gasteiger partial charge in [-0.05, 0) is 43.2 Å². The Morgan fingerprint density at radius 3 is 2.45 bits per heavy atom. The highest BCUT2D eigenvalue weighted by Gasteiger charge is 2.30. The molecule has 206 valence electrons. The second-order valence-electron chi connectivity index (χ2n) is 8.88. The SMILES string of the molecule is C=CC(=O)Nc1ccc(CNC(=O)c2cccc(Nc3cc(NC(=O)C4CC4)ncc3C(=O)NC)c2OC)nc1. The number of carbonyl (C=O) groups is 4. The van der Waals surface area contributed by atoms with Crippen molar-refractivity contribution in [3.63, 3.8) is 0 Å². The van der Waals surface area contributed by atoms with Crippen molar-refractivity contribution < 1.29 is 23.9 Å². The molecule has 0 saturated heterocycles. The van der Waals surface area contributed by atoms with Crippen LogP contribution in [0.2, 0.25) is 0 Å². The molecule has 1 saturated carbocycles. The summed E-state index contributed by atoms with van der Waals surface area (Å²) in [5.41, 5.74) is 2.35. The van der Waals surface area contributed by atoms with E-state index in [0.29, 0.717) is 28.6 Å². The van der Waals surface area contributed by atoms with Gasteiger partial charge in [-0.3, -0.25) is 24.2 Å². The predicted molar refractivity (Wildman–Crippen MR) is 149 cm³/mol. The summed E-state index contributed by atoms with van der Waals surface area (Å²) in [5.74, 6) is -0.736. The van der Waals surface area contributed by atoms with Gasteiger partial charge in [0.15, 0.2) is 5.75 Å². The largest absolute Gasteiger partial charge is 0.494 e. The normalized spacial score (nSPS) is 12.1. The fourth-order valence-electron chi connectivity index (χ4n) is 3.76. The number of methoxy groups -OCH3 is 1. The maximum Gasteiger partial charge on any atom is 0.255 e. The summed E-state index contributed by atoms with van der Waals surface area (Å²) in [6.45, 7) is 3.53. The monoisotopic (exact) mass is 543 g/mol. The highest BCUT2D eigenvalue weighted by molar-refractivity contribution is 6.03. The third kappa shape index (κ3) is 6.78. The molecule has 3 aromatic rings. The molecule has 1 fully saturated rings. The average Bonchev–Trinajstić information content (AvgIpc) is 3.82. The van der Waals surface area contributed by atoms with E-state index < -0.39 is 5.91 Å². The second-order valence-corrected chi connectivity index (χ2v) is 8.88. The molecule has 1 aliphatic rings. The van der Waals surface area contributed by atoms with Crippen molar-refractivity contribution in [2.75, 3.05) is 30.1 Å². The lowest BCUT2D eigenvalue weighted by molar-refractivity contribution is -0.117. The van der Waals surface area contributed by atoms with Gasteiger partial charge in [0.2, 0.25) is 11.8 Å². The number of carbonyl (C=O) groups excluding carboxylic acids is 4. The van der Waals surface area contributed by atoms with Gasteiger partial charge in [0, 0.05) is 25.2 Å². The quantitative estimate of drug-likeness (QED) is 0.230. The number of benzene rings is 1. The zero-order chi connectivity index (χ0) is 28.6. The van der Waals surface area contributed by atoms with E-state index in [1.54, 1.807) is 36.4 Å². The number of nitrogens with one attached hydrogen (secondary N) is 5. The summed E-state index contributed by atoms with van der Waals surface area (Å²) in [6, 6.07) is 9.88. The Bertz CT molecular complexity index is 1450. The van der Waals surface area contributed by atoms with Crippen molar-refractivity contribution in [1.82, 2.24) is 20.6 Å². The third-order valence-corrected chi connectivity index (χ3v) is 6.02. The Kier molecular flexibility index (Phi) is 8.69. The van der Waals surface area contributed by atoms with E-state index in [4.69, 9.17) is 4.74 Å². The minimum absolute atomic E-state index is 0.0154. The van der Waals surface area contributed by atoms with Crippen LogP contribution in [0.15, 0.2) is 61.4 Å². The Morgan fingerprint density at radius 1 is 1.00 bits per heavy atom. The molecule has 0 atom stereocenters. The minimum atomic E-state index is -0.412. The molecular weight excluding hydrogens is 514 g/mol. The summed E-state index contributed by atoms with van der Waals surface area (Å²) >= 11 is 0. The minimum Gasteiger partial charge on any atom is -0.494 e. The number of pyridine rings is 2. The van der Waals surface area contributed by atoms with Crippen molar-refractivity contribution in [3.8, 4) is 5.75 Å². The van der Waals surface area contributed by atoms with Crippen LogP contribution in [0.3, 0.4) is 0 Å². The van der Waals surface area contributed by atoms with Crippen LogP contribution in [0.4, 0.5) is 22.9 Å². The van der Waals surface area contributed by atoms with Crippen LogP contribution in [-0.2, 0) is 16.1 Å². The zero-order valence-electron chi connectivity index (χ0n) is 22.0. The third-order valence-electron chi connectivity index (χ3n) is 6.02. The Labute approximate surface area is 230 Å². The zero-order valence-corrected chi connectivity index (χ0v) is 22.0. The van der Waals surface area contributed by atoms with Crippen LogP contribution in [-0.4, -0.2) is 47.8 Å². The number of aromatic nitrogens is 2. The Morgan fingerprint density at radius 2 is 1.80 bits per heavy atom. The fraction of sp³-hybridized carbons (Fsp3) is 0.214. The van der Waals surface area contributed by atoms with E-state index in [9.17, 15) is 19.2 Å². The van der Waals surface area contributed by atoms with Crippen LogP contribution in [0.25, 0.3) is 0 Å². The standard InChI is InChI=1S/C28H29N7O5/c1-4-24(36)33-18-11-10-17(30-14-18)13-32-28(39)19-6-5-7-21(25(19)40-3)34-22-12-23(35-26(37)16-8-9-16)31-15-20(22)27(38)29-2/h4-7,10-12,14-16H,1,8-9,13H2,2-3H3,(H,29,38)(H,32,39)(H,33,36)(H2,31,34,35,37). The van der Waals surface area contributed by atoms with Crippen molar-refractivity contribution in [2.45, 2.75) is 19.4 Å². The first kappa shape index (κ1) is 27.8. The van der Waals surface area contributed by atoms with Crippen molar-refractivity contribution in [2.24, 2.45) is 5.92 Å². The van der Waals surface area contributed by atoms with Gasteiger partial charge in [0.25, 0.3) is 11.8 Å². The first-order chi connectivity index (χ1) is 19.3. The summed E-state index contributed by atoms with van der Waals surface area (Å²) in [5, 5.41) is 13.9. The predicted octanol–water partition coefficient (Wildman–Crippen LogP) is 2.99. The van der Waals surface area contributed by atoms with Crippen LogP contribution in [0, 0.1) is 5.92 Å². The van der Waals surface area contributed by atoms with Crippen LogP contribution < -0.4 is 31.3 Å². The molecule has 0 radical (unpaired) electrons. The first-order valence-electron chi connectivity index (χ1n) is 12.5. The summed E-state index contributed by atoms with van der Waals surface area (Å²) < 4.78 is 5.57. The number of nitrogens with zero attached hydrogens (tertiary/aromatic N) is 2. The van der Waals surface area contributed by atoms with Gasteiger partial charge in [-0.25, -0.2) is 4.98 Å². The fourth-order valence-corrected chi connectivity index (χ4v) is 3.76. The van der Waals surface area contributed by atoms with E-state index in [0.717, 1.165) is 18.9 Å². The molecule has 40 heavy (non-hydrogen) atoms. The summed E-state index contributed by atoms with van der Waals surface area (Å²) in [4.78, 5) is 57.7. The lowest BCUT2D eigenvalue weighted by Gasteiger charge is -2.17. The van der Waals surface area contributed by atoms with E-state index in [2.05, 4.69) is 43.1 Å². The number of hydrogen-bond acceptors (Lipinski definition) is 8. The molecule has 2 heterocycles. The highest BCUT2D eigenvalue weighted by atomic mass is 16.5. The topological polar surface area (TPSA) is 163 Å². The molecule has 1 aliphatic carbocycles. The molecule has 12 nitrogen and oxygen atoms in total. The first-order valence-corrected chi connectivity index (χ1v) is 12.5. The smallest absolute Gasteiger partial charge is 0.255 e. The van der Waals surface area contributed by atoms with E-state index in [1.807, 2.05) is 0 Å².